The Labute approximate surface area is 110 Å². The maximum Gasteiger partial charge on any atom is 0.435 e. The van der Waals surface area contributed by atoms with E-state index < -0.39 is 6.09 Å². The third kappa shape index (κ3) is 2.13. The zero-order chi connectivity index (χ0) is 13.3. The molecule has 18 heavy (non-hydrogen) atoms. The normalized spacial score (nSPS) is 10.7. The van der Waals surface area contributed by atoms with Crippen molar-refractivity contribution in [2.75, 3.05) is 25.6 Å². The van der Waals surface area contributed by atoms with Crippen LogP contribution in [0.25, 0.3) is 10.9 Å². The number of rotatable bonds is 2. The van der Waals surface area contributed by atoms with Crippen molar-refractivity contribution >= 4 is 34.4 Å². The molecule has 96 valence electrons. The van der Waals surface area contributed by atoms with E-state index in [0.29, 0.717) is 23.0 Å². The SMILES string of the molecule is CCOC(=O)n1nc(N(C)C)c2ccc(Cl)cc21. The van der Waals surface area contributed by atoms with Gasteiger partial charge < -0.3 is 9.64 Å². The van der Waals surface area contributed by atoms with Gasteiger partial charge in [-0.25, -0.2) is 4.79 Å². The lowest BCUT2D eigenvalue weighted by Crippen LogP contribution is -2.16. The summed E-state index contributed by atoms with van der Waals surface area (Å²) in [4.78, 5) is 13.7. The Balaban J connectivity index is 2.65. The average molecular weight is 268 g/mol. The highest BCUT2D eigenvalue weighted by Crippen LogP contribution is 2.27. The molecule has 0 aliphatic carbocycles. The monoisotopic (exact) mass is 267 g/mol. The molecule has 0 amide bonds. The third-order valence-corrected chi connectivity index (χ3v) is 2.72. The number of hydrogen-bond acceptors (Lipinski definition) is 4. The van der Waals surface area contributed by atoms with Gasteiger partial charge in [0.2, 0.25) is 0 Å². The number of benzene rings is 1. The minimum absolute atomic E-state index is 0.304. The molecule has 2 aromatic rings. The molecule has 5 nitrogen and oxygen atoms in total. The zero-order valence-corrected chi connectivity index (χ0v) is 11.2. The van der Waals surface area contributed by atoms with Crippen LogP contribution < -0.4 is 4.90 Å². The molecule has 0 saturated carbocycles. The Hall–Kier alpha value is -1.75. The van der Waals surface area contributed by atoms with E-state index >= 15 is 0 Å². The van der Waals surface area contributed by atoms with Crippen molar-refractivity contribution in [3.8, 4) is 0 Å². The number of carbonyl (C=O) groups is 1. The van der Waals surface area contributed by atoms with E-state index in [2.05, 4.69) is 5.10 Å². The lowest BCUT2D eigenvalue weighted by Gasteiger charge is -2.07. The number of carbonyl (C=O) groups excluding carboxylic acids is 1. The molecule has 0 aliphatic rings. The molecule has 1 heterocycles. The van der Waals surface area contributed by atoms with Crippen molar-refractivity contribution in [2.24, 2.45) is 0 Å². The van der Waals surface area contributed by atoms with Gasteiger partial charge in [-0.3, -0.25) is 0 Å². The number of aromatic nitrogens is 2. The van der Waals surface area contributed by atoms with Crippen molar-refractivity contribution in [1.82, 2.24) is 9.78 Å². The Morgan fingerprint density at radius 1 is 1.50 bits per heavy atom. The first-order valence-electron chi connectivity index (χ1n) is 5.57. The molecular formula is C12H14ClN3O2. The molecule has 2 rings (SSSR count). The summed E-state index contributed by atoms with van der Waals surface area (Å²) in [6, 6.07) is 5.32. The van der Waals surface area contributed by atoms with E-state index in [1.165, 1.54) is 4.68 Å². The molecule has 1 aromatic heterocycles. The van der Waals surface area contributed by atoms with Crippen molar-refractivity contribution in [1.29, 1.82) is 0 Å². The van der Waals surface area contributed by atoms with E-state index in [1.807, 2.05) is 25.1 Å². The summed E-state index contributed by atoms with van der Waals surface area (Å²) in [6.45, 7) is 2.06. The summed E-state index contributed by atoms with van der Waals surface area (Å²) in [7, 11) is 3.73. The molecule has 0 saturated heterocycles. The van der Waals surface area contributed by atoms with Crippen LogP contribution >= 0.6 is 11.6 Å². The van der Waals surface area contributed by atoms with Gasteiger partial charge in [-0.05, 0) is 25.1 Å². The number of nitrogens with zero attached hydrogens (tertiary/aromatic N) is 3. The molecule has 0 radical (unpaired) electrons. The quantitative estimate of drug-likeness (QED) is 0.839. The molecule has 0 fully saturated rings. The van der Waals surface area contributed by atoms with Crippen LogP contribution in [0.5, 0.6) is 0 Å². The molecule has 6 heteroatoms. The van der Waals surface area contributed by atoms with Crippen LogP contribution in [0.1, 0.15) is 6.92 Å². The molecule has 0 bridgehead atoms. The van der Waals surface area contributed by atoms with Crippen LogP contribution in [0.15, 0.2) is 18.2 Å². The molecule has 1 aromatic carbocycles. The fourth-order valence-electron chi connectivity index (χ4n) is 1.73. The van der Waals surface area contributed by atoms with Gasteiger partial charge in [-0.1, -0.05) is 11.6 Å². The molecule has 0 N–H and O–H groups in total. The molecule has 0 unspecified atom stereocenters. The van der Waals surface area contributed by atoms with E-state index in [4.69, 9.17) is 16.3 Å². The van der Waals surface area contributed by atoms with Crippen molar-refractivity contribution < 1.29 is 9.53 Å². The zero-order valence-electron chi connectivity index (χ0n) is 10.5. The van der Waals surface area contributed by atoms with Gasteiger partial charge in [0, 0.05) is 24.5 Å². The van der Waals surface area contributed by atoms with E-state index in [9.17, 15) is 4.79 Å². The maximum absolute atomic E-state index is 11.8. The fourth-order valence-corrected chi connectivity index (χ4v) is 1.89. The smallest absolute Gasteiger partial charge is 0.435 e. The minimum Gasteiger partial charge on any atom is -0.448 e. The molecule has 0 aliphatic heterocycles. The second-order valence-electron chi connectivity index (χ2n) is 3.99. The van der Waals surface area contributed by atoms with Gasteiger partial charge in [-0.15, -0.1) is 5.10 Å². The number of halogens is 1. The standard InChI is InChI=1S/C12H14ClN3O2/c1-4-18-12(17)16-10-7-8(13)5-6-9(10)11(14-16)15(2)3/h5-7H,4H2,1-3H3. The average Bonchev–Trinajstić information content (AvgIpc) is 2.68. The summed E-state index contributed by atoms with van der Waals surface area (Å²) >= 11 is 5.95. The van der Waals surface area contributed by atoms with Crippen LogP contribution in [0.3, 0.4) is 0 Å². The third-order valence-electron chi connectivity index (χ3n) is 2.49. The van der Waals surface area contributed by atoms with Crippen LogP contribution in [-0.4, -0.2) is 36.6 Å². The summed E-state index contributed by atoms with van der Waals surface area (Å²) in [5.74, 6) is 0.703. The predicted molar refractivity (Wildman–Crippen MR) is 71.5 cm³/mol. The highest BCUT2D eigenvalue weighted by molar-refractivity contribution is 6.31. The van der Waals surface area contributed by atoms with Gasteiger partial charge in [0.1, 0.15) is 0 Å². The number of fused-ring (bicyclic) bond motifs is 1. The van der Waals surface area contributed by atoms with Crippen LogP contribution in [-0.2, 0) is 4.74 Å². The Kier molecular flexibility index (Phi) is 3.43. The van der Waals surface area contributed by atoms with Gasteiger partial charge >= 0.3 is 6.09 Å². The first kappa shape index (κ1) is 12.7. The molecule has 0 atom stereocenters. The minimum atomic E-state index is -0.502. The lowest BCUT2D eigenvalue weighted by atomic mass is 10.2. The Morgan fingerprint density at radius 2 is 2.22 bits per heavy atom. The lowest BCUT2D eigenvalue weighted by molar-refractivity contribution is 0.151. The van der Waals surface area contributed by atoms with Crippen molar-refractivity contribution in [3.63, 3.8) is 0 Å². The van der Waals surface area contributed by atoms with Gasteiger partial charge in [-0.2, -0.15) is 4.68 Å². The number of hydrogen-bond donors (Lipinski definition) is 0. The highest BCUT2D eigenvalue weighted by Gasteiger charge is 2.17. The highest BCUT2D eigenvalue weighted by atomic mass is 35.5. The van der Waals surface area contributed by atoms with E-state index in [1.54, 1.807) is 19.1 Å². The summed E-state index contributed by atoms with van der Waals surface area (Å²) in [5, 5.41) is 5.67. The Morgan fingerprint density at radius 3 is 2.83 bits per heavy atom. The molecular weight excluding hydrogens is 254 g/mol. The first-order chi connectivity index (χ1) is 8.54. The number of ether oxygens (including phenoxy) is 1. The largest absolute Gasteiger partial charge is 0.448 e. The van der Waals surface area contributed by atoms with Gasteiger partial charge in [0.05, 0.1) is 12.1 Å². The van der Waals surface area contributed by atoms with E-state index in [0.717, 1.165) is 5.39 Å². The second-order valence-corrected chi connectivity index (χ2v) is 4.43. The van der Waals surface area contributed by atoms with E-state index in [-0.39, 0.29) is 0 Å². The van der Waals surface area contributed by atoms with Crippen LogP contribution in [0.2, 0.25) is 5.02 Å². The summed E-state index contributed by atoms with van der Waals surface area (Å²) < 4.78 is 6.21. The van der Waals surface area contributed by atoms with Gasteiger partial charge in [0.15, 0.2) is 5.82 Å². The fraction of sp³-hybridized carbons (Fsp3) is 0.333. The van der Waals surface area contributed by atoms with Crippen LogP contribution in [0, 0.1) is 0 Å². The first-order valence-corrected chi connectivity index (χ1v) is 5.95. The van der Waals surface area contributed by atoms with Crippen LogP contribution in [0.4, 0.5) is 10.6 Å². The second kappa shape index (κ2) is 4.86. The summed E-state index contributed by atoms with van der Waals surface area (Å²) in [6.07, 6.45) is -0.502. The molecule has 0 spiro atoms. The Bertz CT molecular complexity index is 592. The van der Waals surface area contributed by atoms with Crippen molar-refractivity contribution in [3.05, 3.63) is 23.2 Å². The topological polar surface area (TPSA) is 47.4 Å². The predicted octanol–water partition coefficient (Wildman–Crippen LogP) is 2.76. The van der Waals surface area contributed by atoms with Crippen molar-refractivity contribution in [2.45, 2.75) is 6.92 Å². The summed E-state index contributed by atoms with van der Waals surface area (Å²) in [5.41, 5.74) is 0.643. The number of anilines is 1. The maximum atomic E-state index is 11.8. The van der Waals surface area contributed by atoms with Gasteiger partial charge in [0.25, 0.3) is 0 Å².